The first-order valence-corrected chi connectivity index (χ1v) is 9.94. The van der Waals surface area contributed by atoms with Crippen molar-refractivity contribution in [3.05, 3.63) is 47.4 Å². The molecule has 1 aromatic heterocycles. The Hall–Kier alpha value is -1.80. The van der Waals surface area contributed by atoms with Crippen molar-refractivity contribution in [2.24, 2.45) is 0 Å². The highest BCUT2D eigenvalue weighted by atomic mass is 79.9. The summed E-state index contributed by atoms with van der Waals surface area (Å²) in [6.07, 6.45) is 3.54. The quantitative estimate of drug-likeness (QED) is 0.440. The normalized spacial score (nSPS) is 19.9. The highest BCUT2D eigenvalue weighted by molar-refractivity contribution is 9.10. The Morgan fingerprint density at radius 2 is 2.04 bits per heavy atom. The summed E-state index contributed by atoms with van der Waals surface area (Å²) in [5.74, 6) is 1.11. The highest BCUT2D eigenvalue weighted by Gasteiger charge is 2.38. The molecule has 0 saturated carbocycles. The number of nitrogens with zero attached hydrogens (tertiary/aromatic N) is 1. The van der Waals surface area contributed by atoms with Crippen LogP contribution in [0.5, 0.6) is 5.75 Å². The summed E-state index contributed by atoms with van der Waals surface area (Å²) < 4.78 is 55.7. The average Bonchev–Trinajstić information content (AvgIpc) is 3.07. The van der Waals surface area contributed by atoms with E-state index >= 15 is 0 Å². The third-order valence-corrected chi connectivity index (χ3v) is 5.07. The van der Waals surface area contributed by atoms with Gasteiger partial charge in [-0.2, -0.15) is 13.2 Å². The molecule has 0 N–H and O–H groups in total. The zero-order valence-corrected chi connectivity index (χ0v) is 17.2. The van der Waals surface area contributed by atoms with Crippen LogP contribution in [0.4, 0.5) is 13.2 Å². The van der Waals surface area contributed by atoms with E-state index in [1.807, 2.05) is 32.1 Å². The van der Waals surface area contributed by atoms with Crippen LogP contribution < -0.4 is 4.74 Å². The van der Waals surface area contributed by atoms with E-state index in [0.717, 1.165) is 12.8 Å². The molecular weight excluding hydrogens is 439 g/mol. The molecule has 1 unspecified atom stereocenters. The Balaban J connectivity index is 1.92. The van der Waals surface area contributed by atoms with Gasteiger partial charge in [0.15, 0.2) is 11.3 Å². The zero-order chi connectivity index (χ0) is 20.4. The number of rotatable bonds is 7. The maximum Gasteiger partial charge on any atom is 0.437 e. The van der Waals surface area contributed by atoms with Gasteiger partial charge in [0, 0.05) is 18.6 Å². The van der Waals surface area contributed by atoms with Crippen molar-refractivity contribution >= 4 is 26.9 Å². The SMILES string of the molecule is CCCOC1(Br)C=CC=C(Oc2ccc3c(C(F)(F)F)noc3c2CCC)C1. The fourth-order valence-corrected chi connectivity index (χ4v) is 3.66. The van der Waals surface area contributed by atoms with E-state index in [1.54, 1.807) is 6.07 Å². The van der Waals surface area contributed by atoms with E-state index < -0.39 is 16.4 Å². The van der Waals surface area contributed by atoms with Gasteiger partial charge in [0.05, 0.1) is 5.39 Å². The third kappa shape index (κ3) is 4.43. The summed E-state index contributed by atoms with van der Waals surface area (Å²) in [5, 5.41) is 3.19. The first-order chi connectivity index (χ1) is 13.3. The van der Waals surface area contributed by atoms with Crippen molar-refractivity contribution in [3.8, 4) is 5.75 Å². The Labute approximate surface area is 169 Å². The number of aryl methyl sites for hydroxylation is 1. The molecule has 1 aliphatic carbocycles. The summed E-state index contributed by atoms with van der Waals surface area (Å²) >= 11 is 3.58. The molecule has 4 nitrogen and oxygen atoms in total. The van der Waals surface area contributed by atoms with E-state index in [2.05, 4.69) is 21.1 Å². The molecule has 0 aliphatic heterocycles. The lowest BCUT2D eigenvalue weighted by Crippen LogP contribution is -2.26. The Kier molecular flexibility index (Phi) is 6.19. The molecule has 1 aliphatic rings. The number of alkyl halides is 4. The molecule has 1 atom stereocenters. The molecule has 0 fully saturated rings. The lowest BCUT2D eigenvalue weighted by Gasteiger charge is -2.28. The van der Waals surface area contributed by atoms with Gasteiger partial charge in [0.2, 0.25) is 0 Å². The molecule has 0 amide bonds. The first kappa shape index (κ1) is 20.9. The predicted molar refractivity (Wildman–Crippen MR) is 103 cm³/mol. The topological polar surface area (TPSA) is 44.5 Å². The minimum atomic E-state index is -4.57. The number of aromatic nitrogens is 1. The van der Waals surface area contributed by atoms with E-state index in [0.29, 0.717) is 36.5 Å². The molecule has 0 radical (unpaired) electrons. The molecule has 28 heavy (non-hydrogen) atoms. The number of allylic oxidation sites excluding steroid dienone is 2. The van der Waals surface area contributed by atoms with Crippen LogP contribution in [0.25, 0.3) is 11.0 Å². The van der Waals surface area contributed by atoms with Gasteiger partial charge < -0.3 is 14.0 Å². The predicted octanol–water partition coefficient (Wildman–Crippen LogP) is 6.54. The Bertz CT molecular complexity index is 904. The minimum absolute atomic E-state index is 0.0538. The van der Waals surface area contributed by atoms with Crippen LogP contribution >= 0.6 is 15.9 Å². The number of benzene rings is 1. The maximum atomic E-state index is 13.1. The van der Waals surface area contributed by atoms with E-state index in [4.69, 9.17) is 14.0 Å². The number of halogens is 4. The monoisotopic (exact) mass is 459 g/mol. The van der Waals surface area contributed by atoms with Crippen molar-refractivity contribution in [1.82, 2.24) is 5.16 Å². The average molecular weight is 460 g/mol. The summed E-state index contributed by atoms with van der Waals surface area (Å²) in [6.45, 7) is 4.55. The third-order valence-electron chi connectivity index (χ3n) is 4.30. The molecule has 0 spiro atoms. The molecule has 1 aromatic carbocycles. The molecule has 8 heteroatoms. The summed E-state index contributed by atoms with van der Waals surface area (Å²) in [7, 11) is 0. The van der Waals surface area contributed by atoms with Crippen LogP contribution in [-0.2, 0) is 17.3 Å². The van der Waals surface area contributed by atoms with Crippen LogP contribution in [0.2, 0.25) is 0 Å². The van der Waals surface area contributed by atoms with Crippen LogP contribution in [0.1, 0.15) is 44.4 Å². The number of hydrogen-bond acceptors (Lipinski definition) is 4. The molecule has 0 bridgehead atoms. The van der Waals surface area contributed by atoms with Gasteiger partial charge in [-0.3, -0.25) is 0 Å². The minimum Gasteiger partial charge on any atom is -0.461 e. The van der Waals surface area contributed by atoms with Gasteiger partial charge in [-0.15, -0.1) is 0 Å². The molecule has 2 aromatic rings. The molecular formula is C20H21BrF3NO3. The zero-order valence-electron chi connectivity index (χ0n) is 15.6. The van der Waals surface area contributed by atoms with E-state index in [-0.39, 0.29) is 11.0 Å². The lowest BCUT2D eigenvalue weighted by molar-refractivity contribution is -0.141. The van der Waals surface area contributed by atoms with Gasteiger partial charge in [0.1, 0.15) is 16.0 Å². The summed E-state index contributed by atoms with van der Waals surface area (Å²) in [5.41, 5.74) is -0.322. The fourth-order valence-electron chi connectivity index (χ4n) is 3.06. The van der Waals surface area contributed by atoms with Crippen LogP contribution in [0.15, 0.2) is 40.6 Å². The molecule has 3 rings (SSSR count). The van der Waals surface area contributed by atoms with Gasteiger partial charge in [-0.1, -0.05) is 31.5 Å². The lowest BCUT2D eigenvalue weighted by atomic mass is 10.0. The first-order valence-electron chi connectivity index (χ1n) is 9.15. The standard InChI is InChI=1S/C20H21BrF3NO3/c1-3-6-14-16(9-8-15-17(14)28-25-18(15)20(22,23)24)27-13-7-5-10-19(21,12-13)26-11-4-2/h5,7-10H,3-4,6,11-12H2,1-2H3. The molecule has 0 saturated heterocycles. The van der Waals surface area contributed by atoms with Crippen molar-refractivity contribution in [3.63, 3.8) is 0 Å². The smallest absolute Gasteiger partial charge is 0.437 e. The van der Waals surface area contributed by atoms with Gasteiger partial charge in [-0.05, 0) is 53.1 Å². The van der Waals surface area contributed by atoms with Gasteiger partial charge in [-0.25, -0.2) is 0 Å². The van der Waals surface area contributed by atoms with E-state index in [9.17, 15) is 13.2 Å². The molecule has 1 heterocycles. The van der Waals surface area contributed by atoms with Gasteiger partial charge >= 0.3 is 6.18 Å². The largest absolute Gasteiger partial charge is 0.461 e. The van der Waals surface area contributed by atoms with Crippen molar-refractivity contribution in [2.45, 2.75) is 50.2 Å². The highest BCUT2D eigenvalue weighted by Crippen LogP contribution is 2.40. The van der Waals surface area contributed by atoms with E-state index in [1.165, 1.54) is 6.07 Å². The second-order valence-electron chi connectivity index (χ2n) is 6.60. The number of fused-ring (bicyclic) bond motifs is 1. The van der Waals surface area contributed by atoms with Crippen molar-refractivity contribution < 1.29 is 27.2 Å². The van der Waals surface area contributed by atoms with Gasteiger partial charge in [0.25, 0.3) is 0 Å². The summed E-state index contributed by atoms with van der Waals surface area (Å²) in [6, 6.07) is 2.89. The maximum absolute atomic E-state index is 13.1. The number of hydrogen-bond donors (Lipinski definition) is 0. The van der Waals surface area contributed by atoms with Crippen LogP contribution in [0, 0.1) is 0 Å². The second-order valence-corrected chi connectivity index (χ2v) is 7.95. The van der Waals surface area contributed by atoms with Crippen LogP contribution in [0.3, 0.4) is 0 Å². The Morgan fingerprint density at radius 3 is 2.71 bits per heavy atom. The Morgan fingerprint density at radius 1 is 1.25 bits per heavy atom. The number of ether oxygens (including phenoxy) is 2. The van der Waals surface area contributed by atoms with Crippen molar-refractivity contribution in [2.75, 3.05) is 6.61 Å². The fraction of sp³-hybridized carbons (Fsp3) is 0.450. The van der Waals surface area contributed by atoms with Crippen LogP contribution in [-0.4, -0.2) is 16.3 Å². The van der Waals surface area contributed by atoms with Crippen molar-refractivity contribution in [1.29, 1.82) is 0 Å². The summed E-state index contributed by atoms with van der Waals surface area (Å²) in [4.78, 5) is 0. The molecule has 152 valence electrons. The second kappa shape index (κ2) is 8.29.